The maximum Gasteiger partial charge on any atom is 0.290 e. The summed E-state index contributed by atoms with van der Waals surface area (Å²) in [7, 11) is 0. The fourth-order valence-electron chi connectivity index (χ4n) is 4.19. The summed E-state index contributed by atoms with van der Waals surface area (Å²) in [4.78, 5) is 8.36. The number of fused-ring (bicyclic) bond motifs is 1. The summed E-state index contributed by atoms with van der Waals surface area (Å²) in [5.74, 6) is 0.987. The van der Waals surface area contributed by atoms with Crippen LogP contribution in [0.15, 0.2) is 42.5 Å². The van der Waals surface area contributed by atoms with Gasteiger partial charge in [-0.3, -0.25) is 4.79 Å². The second-order valence-corrected chi connectivity index (χ2v) is 6.62. The van der Waals surface area contributed by atoms with Gasteiger partial charge in [0, 0.05) is 5.56 Å². The van der Waals surface area contributed by atoms with Crippen LogP contribution in [-0.4, -0.2) is 28.3 Å². The lowest BCUT2D eigenvalue weighted by atomic mass is 9.65. The first-order chi connectivity index (χ1) is 12.6. The van der Waals surface area contributed by atoms with Crippen LogP contribution in [0.5, 0.6) is 11.5 Å². The molecule has 0 saturated carbocycles. The van der Waals surface area contributed by atoms with Gasteiger partial charge in [-0.1, -0.05) is 49.7 Å². The van der Waals surface area contributed by atoms with Gasteiger partial charge < -0.3 is 21.1 Å². The topological polar surface area (TPSA) is 104 Å². The molecule has 3 rings (SSSR count). The third-order valence-corrected chi connectivity index (χ3v) is 5.26. The number of phenolic OH excluding ortho intramolecular Hbond substituents is 2. The van der Waals surface area contributed by atoms with Gasteiger partial charge >= 0.3 is 0 Å². The van der Waals surface area contributed by atoms with E-state index >= 15 is 0 Å². The molecule has 2 aromatic carbocycles. The summed E-state index contributed by atoms with van der Waals surface area (Å²) in [5, 5.41) is 27.1. The first kappa shape index (κ1) is 19.8. The van der Waals surface area contributed by atoms with Gasteiger partial charge in [-0.25, -0.2) is 0 Å². The van der Waals surface area contributed by atoms with Gasteiger partial charge in [0.1, 0.15) is 0 Å². The van der Waals surface area contributed by atoms with Gasteiger partial charge in [-0.05, 0) is 54.3 Å². The number of hydrogen-bond acceptors (Lipinski definition) is 4. The van der Waals surface area contributed by atoms with Crippen molar-refractivity contribution in [2.45, 2.75) is 38.0 Å². The van der Waals surface area contributed by atoms with Crippen molar-refractivity contribution in [2.24, 2.45) is 11.7 Å². The summed E-state index contributed by atoms with van der Waals surface area (Å²) >= 11 is 0. The third kappa shape index (κ3) is 3.99. The van der Waals surface area contributed by atoms with Crippen molar-refractivity contribution < 1.29 is 20.1 Å². The van der Waals surface area contributed by atoms with Crippen LogP contribution in [0.2, 0.25) is 0 Å². The van der Waals surface area contributed by atoms with Crippen LogP contribution < -0.4 is 5.73 Å². The lowest BCUT2D eigenvalue weighted by molar-refractivity contribution is -0.122. The van der Waals surface area contributed by atoms with E-state index in [2.05, 4.69) is 31.2 Å². The third-order valence-electron chi connectivity index (χ3n) is 5.26. The summed E-state index contributed by atoms with van der Waals surface area (Å²) < 4.78 is 0. The van der Waals surface area contributed by atoms with Crippen molar-refractivity contribution in [1.82, 2.24) is 0 Å². The summed E-state index contributed by atoms with van der Waals surface area (Å²) in [5.41, 5.74) is 9.38. The van der Waals surface area contributed by atoms with Crippen LogP contribution >= 0.6 is 0 Å². The summed E-state index contributed by atoms with van der Waals surface area (Å²) in [6, 6.07) is 14.0. The molecule has 0 radical (unpaired) electrons. The van der Waals surface area contributed by atoms with Crippen LogP contribution in [0.25, 0.3) is 0 Å². The second kappa shape index (κ2) is 9.25. The van der Waals surface area contributed by atoms with Crippen molar-refractivity contribution in [2.75, 3.05) is 6.54 Å². The number of carboxylic acid groups (broad SMARTS) is 1. The van der Waals surface area contributed by atoms with Crippen LogP contribution in [0.4, 0.5) is 0 Å². The van der Waals surface area contributed by atoms with Crippen molar-refractivity contribution in [3.63, 3.8) is 0 Å². The minimum absolute atomic E-state index is 0.0248. The van der Waals surface area contributed by atoms with E-state index in [1.165, 1.54) is 5.56 Å². The Kier molecular flexibility index (Phi) is 7.04. The molecule has 0 spiro atoms. The largest absolute Gasteiger partial charge is 0.504 e. The van der Waals surface area contributed by atoms with Crippen molar-refractivity contribution in [1.29, 1.82) is 0 Å². The molecule has 0 aromatic heterocycles. The molecule has 0 amide bonds. The van der Waals surface area contributed by atoms with Gasteiger partial charge in [0.05, 0.1) is 0 Å². The molecule has 3 atom stereocenters. The highest BCUT2D eigenvalue weighted by molar-refractivity contribution is 5.53. The Labute approximate surface area is 154 Å². The molecule has 140 valence electrons. The highest BCUT2D eigenvalue weighted by Gasteiger charge is 2.37. The number of nitrogens with two attached hydrogens (primary N) is 1. The van der Waals surface area contributed by atoms with E-state index in [9.17, 15) is 10.2 Å². The monoisotopic (exact) mass is 357 g/mol. The minimum atomic E-state index is -0.250. The Bertz CT molecular complexity index is 717. The van der Waals surface area contributed by atoms with E-state index in [1.807, 2.05) is 12.1 Å². The van der Waals surface area contributed by atoms with Crippen LogP contribution in [0.3, 0.4) is 0 Å². The lowest BCUT2D eigenvalue weighted by Crippen LogP contribution is -2.32. The molecule has 1 unspecified atom stereocenters. The van der Waals surface area contributed by atoms with E-state index in [1.54, 1.807) is 6.07 Å². The molecule has 1 aliphatic carbocycles. The zero-order chi connectivity index (χ0) is 19.1. The van der Waals surface area contributed by atoms with E-state index < -0.39 is 0 Å². The lowest BCUT2D eigenvalue weighted by Gasteiger charge is -2.40. The highest BCUT2D eigenvalue weighted by atomic mass is 16.3. The zero-order valence-corrected chi connectivity index (χ0v) is 15.0. The molecular weight excluding hydrogens is 330 g/mol. The number of benzene rings is 2. The molecule has 0 aliphatic heterocycles. The number of carbonyl (C=O) groups is 1. The SMILES string of the molecule is CCCC1[C@H](c2ccccc2)Cc2c(ccc(O)c2O)[C@@H]1CN.O=CO. The average Bonchev–Trinajstić information content (AvgIpc) is 2.66. The molecule has 5 heteroatoms. The molecule has 2 aromatic rings. The molecular formula is C21H27NO4. The molecule has 0 bridgehead atoms. The molecule has 26 heavy (non-hydrogen) atoms. The average molecular weight is 357 g/mol. The van der Waals surface area contributed by atoms with Crippen molar-refractivity contribution in [3.8, 4) is 11.5 Å². The van der Waals surface area contributed by atoms with Crippen molar-refractivity contribution in [3.05, 3.63) is 59.2 Å². The fourth-order valence-corrected chi connectivity index (χ4v) is 4.19. The van der Waals surface area contributed by atoms with Gasteiger partial charge in [0.25, 0.3) is 6.47 Å². The standard InChI is InChI=1S/C20H25NO2.CH2O2/c1-2-6-14-16(13-7-4-3-5-8-13)11-17-15(18(14)12-21)9-10-19(22)20(17)23;2-1-3/h3-5,7-10,14,16,18,22-23H,2,6,11-12,21H2,1H3;1H,(H,2,3)/t14?,16-,18+;/m0./s1. The Balaban J connectivity index is 0.000000758. The maximum absolute atomic E-state index is 10.3. The normalized spacial score (nSPS) is 21.2. The first-order valence-electron chi connectivity index (χ1n) is 8.95. The minimum Gasteiger partial charge on any atom is -0.504 e. The molecule has 1 aliphatic rings. The predicted molar refractivity (Wildman–Crippen MR) is 102 cm³/mol. The smallest absolute Gasteiger partial charge is 0.290 e. The van der Waals surface area contributed by atoms with Crippen molar-refractivity contribution >= 4 is 6.47 Å². The second-order valence-electron chi connectivity index (χ2n) is 6.62. The first-order valence-corrected chi connectivity index (χ1v) is 8.95. The van der Waals surface area contributed by atoms with Crippen LogP contribution in [0.1, 0.15) is 48.3 Å². The predicted octanol–water partition coefficient (Wildman–Crippen LogP) is 3.60. The number of hydrogen-bond donors (Lipinski definition) is 4. The maximum atomic E-state index is 10.3. The molecule has 5 nitrogen and oxygen atoms in total. The Morgan fingerprint density at radius 2 is 1.81 bits per heavy atom. The van der Waals surface area contributed by atoms with E-state index in [0.29, 0.717) is 18.4 Å². The summed E-state index contributed by atoms with van der Waals surface area (Å²) in [6.45, 7) is 2.52. The van der Waals surface area contributed by atoms with Gasteiger partial charge in [-0.2, -0.15) is 0 Å². The fraction of sp³-hybridized carbons (Fsp3) is 0.381. The number of rotatable bonds is 4. The molecule has 0 saturated heterocycles. The van der Waals surface area contributed by atoms with Gasteiger partial charge in [-0.15, -0.1) is 0 Å². The number of aromatic hydroxyl groups is 2. The highest BCUT2D eigenvalue weighted by Crippen LogP contribution is 2.50. The Hall–Kier alpha value is -2.53. The van der Waals surface area contributed by atoms with Gasteiger partial charge in [0.15, 0.2) is 11.5 Å². The Morgan fingerprint density at radius 3 is 2.38 bits per heavy atom. The van der Waals surface area contributed by atoms with E-state index in [0.717, 1.165) is 30.4 Å². The van der Waals surface area contributed by atoms with Crippen LogP contribution in [-0.2, 0) is 11.2 Å². The zero-order valence-electron chi connectivity index (χ0n) is 15.0. The molecule has 0 fully saturated rings. The van der Waals surface area contributed by atoms with E-state index in [-0.39, 0.29) is 23.9 Å². The number of phenols is 2. The van der Waals surface area contributed by atoms with Crippen LogP contribution in [0, 0.1) is 5.92 Å². The molecule has 5 N–H and O–H groups in total. The Morgan fingerprint density at radius 1 is 1.15 bits per heavy atom. The quantitative estimate of drug-likeness (QED) is 0.494. The van der Waals surface area contributed by atoms with Gasteiger partial charge in [0.2, 0.25) is 0 Å². The van der Waals surface area contributed by atoms with E-state index in [4.69, 9.17) is 15.6 Å². The molecule has 0 heterocycles. The summed E-state index contributed by atoms with van der Waals surface area (Å²) in [6.07, 6.45) is 2.98.